The van der Waals surface area contributed by atoms with Gasteiger partial charge in [-0.05, 0) is 58.3 Å². The zero-order valence-corrected chi connectivity index (χ0v) is 18.3. The van der Waals surface area contributed by atoms with Gasteiger partial charge in [0.15, 0.2) is 0 Å². The first-order chi connectivity index (χ1) is 13.2. The minimum atomic E-state index is -0.507. The van der Waals surface area contributed by atoms with Crippen LogP contribution in [0.1, 0.15) is 85.0 Å². The van der Waals surface area contributed by atoms with E-state index in [-0.39, 0.29) is 36.2 Å². The van der Waals surface area contributed by atoms with E-state index in [4.69, 9.17) is 9.47 Å². The summed E-state index contributed by atoms with van der Waals surface area (Å²) in [6.45, 7) is 5.48. The van der Waals surface area contributed by atoms with Gasteiger partial charge in [-0.2, -0.15) is 0 Å². The summed E-state index contributed by atoms with van der Waals surface area (Å²) in [4.78, 5) is 34.3. The molecule has 0 aromatic heterocycles. The molecule has 0 aliphatic heterocycles. The van der Waals surface area contributed by atoms with Crippen LogP contribution >= 0.6 is 0 Å². The predicted octanol–water partition coefficient (Wildman–Crippen LogP) is 4.44. The summed E-state index contributed by atoms with van der Waals surface area (Å²) < 4.78 is 14.7. The highest BCUT2D eigenvalue weighted by atomic mass is 16.6. The predicted molar refractivity (Wildman–Crippen MR) is 107 cm³/mol. The number of hydrogen-bond donors (Lipinski definition) is 0. The first kappa shape index (κ1) is 24.4. The molecule has 0 amide bonds. The van der Waals surface area contributed by atoms with Gasteiger partial charge in [-0.25, -0.2) is 0 Å². The van der Waals surface area contributed by atoms with Gasteiger partial charge in [0.1, 0.15) is 5.60 Å². The van der Waals surface area contributed by atoms with Crippen LogP contribution in [0.25, 0.3) is 0 Å². The summed E-state index contributed by atoms with van der Waals surface area (Å²) in [5, 5.41) is 0. The van der Waals surface area contributed by atoms with E-state index in [1.165, 1.54) is 39.9 Å². The molecule has 162 valence electrons. The molecule has 0 aromatic rings. The average Bonchev–Trinajstić information content (AvgIpc) is 3.31. The lowest BCUT2D eigenvalue weighted by molar-refractivity contribution is -0.162. The zero-order chi connectivity index (χ0) is 21.2. The molecule has 0 heterocycles. The fraction of sp³-hybridized carbons (Fsp3) is 0.864. The van der Waals surface area contributed by atoms with Crippen LogP contribution in [0.2, 0.25) is 0 Å². The Morgan fingerprint density at radius 1 is 0.857 bits per heavy atom. The summed E-state index contributed by atoms with van der Waals surface area (Å²) >= 11 is 0. The third-order valence-corrected chi connectivity index (χ3v) is 5.44. The molecule has 2 rings (SSSR count). The molecule has 0 bridgehead atoms. The van der Waals surface area contributed by atoms with Crippen molar-refractivity contribution >= 4 is 17.9 Å². The van der Waals surface area contributed by atoms with Crippen LogP contribution in [0.15, 0.2) is 0 Å². The monoisotopic (exact) mass is 398 g/mol. The van der Waals surface area contributed by atoms with Crippen LogP contribution in [0.4, 0.5) is 0 Å². The second-order valence-electron chi connectivity index (χ2n) is 8.90. The third kappa shape index (κ3) is 9.56. The van der Waals surface area contributed by atoms with Crippen LogP contribution in [-0.4, -0.2) is 37.7 Å². The quantitative estimate of drug-likeness (QED) is 0.486. The van der Waals surface area contributed by atoms with Gasteiger partial charge in [-0.3, -0.25) is 14.4 Å². The van der Waals surface area contributed by atoms with Crippen molar-refractivity contribution in [2.24, 2.45) is 17.8 Å². The molecule has 0 radical (unpaired) electrons. The lowest BCUT2D eigenvalue weighted by Crippen LogP contribution is -2.30. The molecule has 0 N–H and O–H groups in total. The topological polar surface area (TPSA) is 78.9 Å². The first-order valence-corrected chi connectivity index (χ1v) is 10.5. The van der Waals surface area contributed by atoms with Crippen molar-refractivity contribution in [3.63, 3.8) is 0 Å². The van der Waals surface area contributed by atoms with Crippen molar-refractivity contribution < 1.29 is 28.6 Å². The summed E-state index contributed by atoms with van der Waals surface area (Å²) in [6.07, 6.45) is 10.1. The van der Waals surface area contributed by atoms with Gasteiger partial charge in [0.2, 0.25) is 0 Å². The summed E-state index contributed by atoms with van der Waals surface area (Å²) in [7, 11) is 2.83. The van der Waals surface area contributed by atoms with Crippen molar-refractivity contribution in [3.8, 4) is 0 Å². The molecule has 2 aliphatic carbocycles. The van der Waals surface area contributed by atoms with Crippen molar-refractivity contribution in [2.45, 2.75) is 90.6 Å². The first-order valence-electron chi connectivity index (χ1n) is 10.5. The normalized spacial score (nSPS) is 18.8. The Bertz CT molecular complexity index is 496. The van der Waals surface area contributed by atoms with Gasteiger partial charge in [0, 0.05) is 6.42 Å². The maximum Gasteiger partial charge on any atom is 0.309 e. The second kappa shape index (κ2) is 12.1. The van der Waals surface area contributed by atoms with Gasteiger partial charge in [-0.15, -0.1) is 0 Å². The molecule has 28 heavy (non-hydrogen) atoms. The fourth-order valence-electron chi connectivity index (χ4n) is 4.05. The summed E-state index contributed by atoms with van der Waals surface area (Å²) in [5.41, 5.74) is -0.507. The van der Waals surface area contributed by atoms with Gasteiger partial charge in [0.25, 0.3) is 0 Å². The highest BCUT2D eigenvalue weighted by Crippen LogP contribution is 2.34. The van der Waals surface area contributed by atoms with Crippen LogP contribution in [0.3, 0.4) is 0 Å². The van der Waals surface area contributed by atoms with Crippen LogP contribution in [0.5, 0.6) is 0 Å². The minimum absolute atomic E-state index is 0.0492. The lowest BCUT2D eigenvalue weighted by Gasteiger charge is -2.24. The van der Waals surface area contributed by atoms with Crippen molar-refractivity contribution in [1.29, 1.82) is 0 Å². The van der Waals surface area contributed by atoms with E-state index in [0.717, 1.165) is 25.7 Å². The highest BCUT2D eigenvalue weighted by Gasteiger charge is 2.34. The van der Waals surface area contributed by atoms with Gasteiger partial charge in [0.05, 0.1) is 26.6 Å². The van der Waals surface area contributed by atoms with Gasteiger partial charge >= 0.3 is 17.9 Å². The van der Waals surface area contributed by atoms with Crippen molar-refractivity contribution in [1.82, 2.24) is 0 Å². The van der Waals surface area contributed by atoms with E-state index in [9.17, 15) is 14.4 Å². The molecular formula is C22H38O6. The minimum Gasteiger partial charge on any atom is -0.469 e. The maximum atomic E-state index is 11.8. The SMILES string of the molecule is COC(=O)C(CC(=O)OC(C)(C)C)C1CCCC1.COC(=O)CC1CCCC1. The zero-order valence-electron chi connectivity index (χ0n) is 18.3. The maximum absolute atomic E-state index is 11.8. The van der Waals surface area contributed by atoms with E-state index in [2.05, 4.69) is 4.74 Å². The standard InChI is InChI=1S/C14H24O4.C8H14O2/c1-14(2,3)18-12(15)9-11(13(16)17-4)10-7-5-6-8-10;1-10-8(9)6-7-4-2-3-5-7/h10-11H,5-9H2,1-4H3;7H,2-6H2,1H3. The Balaban J connectivity index is 0.000000330. The molecule has 0 spiro atoms. The molecule has 2 fully saturated rings. The Labute approximate surface area is 169 Å². The molecule has 0 saturated heterocycles. The van der Waals surface area contributed by atoms with E-state index >= 15 is 0 Å². The fourth-order valence-corrected chi connectivity index (χ4v) is 4.05. The Kier molecular flexibility index (Phi) is 10.5. The molecule has 1 unspecified atom stereocenters. The Hall–Kier alpha value is -1.59. The van der Waals surface area contributed by atoms with E-state index in [0.29, 0.717) is 12.3 Å². The average molecular weight is 399 g/mol. The van der Waals surface area contributed by atoms with Crippen LogP contribution in [0, 0.1) is 17.8 Å². The number of methoxy groups -OCH3 is 2. The smallest absolute Gasteiger partial charge is 0.309 e. The molecule has 0 aromatic carbocycles. The Morgan fingerprint density at radius 3 is 1.86 bits per heavy atom. The van der Waals surface area contributed by atoms with E-state index in [1.54, 1.807) is 0 Å². The van der Waals surface area contributed by atoms with Crippen molar-refractivity contribution in [2.75, 3.05) is 14.2 Å². The molecule has 6 nitrogen and oxygen atoms in total. The van der Waals surface area contributed by atoms with E-state index in [1.807, 2.05) is 20.8 Å². The summed E-state index contributed by atoms with van der Waals surface area (Å²) in [6, 6.07) is 0. The molecular weight excluding hydrogens is 360 g/mol. The van der Waals surface area contributed by atoms with Gasteiger partial charge in [-0.1, -0.05) is 25.7 Å². The van der Waals surface area contributed by atoms with E-state index < -0.39 is 5.60 Å². The van der Waals surface area contributed by atoms with Gasteiger partial charge < -0.3 is 14.2 Å². The number of rotatable bonds is 6. The Morgan fingerprint density at radius 2 is 1.39 bits per heavy atom. The largest absolute Gasteiger partial charge is 0.469 e. The number of carbonyl (C=O) groups excluding carboxylic acids is 3. The third-order valence-electron chi connectivity index (χ3n) is 5.44. The molecule has 1 atom stereocenters. The number of esters is 3. The highest BCUT2D eigenvalue weighted by molar-refractivity contribution is 5.80. The molecule has 6 heteroatoms. The van der Waals surface area contributed by atoms with Crippen LogP contribution < -0.4 is 0 Å². The number of hydrogen-bond acceptors (Lipinski definition) is 6. The summed E-state index contributed by atoms with van der Waals surface area (Å²) in [5.74, 6) is -0.103. The van der Waals surface area contributed by atoms with Crippen molar-refractivity contribution in [3.05, 3.63) is 0 Å². The molecule has 2 aliphatic rings. The number of ether oxygens (including phenoxy) is 3. The second-order valence-corrected chi connectivity index (χ2v) is 8.90. The lowest BCUT2D eigenvalue weighted by atomic mass is 9.88. The van der Waals surface area contributed by atoms with Crippen LogP contribution in [-0.2, 0) is 28.6 Å². The number of carbonyl (C=O) groups is 3. The molecule has 2 saturated carbocycles.